The minimum Gasteiger partial charge on any atom is -0.508 e. The van der Waals surface area contributed by atoms with Crippen LogP contribution >= 0.6 is 11.3 Å². The van der Waals surface area contributed by atoms with E-state index in [2.05, 4.69) is 52.2 Å². The molecular weight excluding hydrogens is 959 g/mol. The van der Waals surface area contributed by atoms with Gasteiger partial charge in [0.15, 0.2) is 0 Å². The van der Waals surface area contributed by atoms with Crippen LogP contribution in [0.25, 0.3) is 0 Å². The van der Waals surface area contributed by atoms with Crippen LogP contribution in [0.3, 0.4) is 0 Å². The molecule has 0 aliphatic rings. The number of amides is 4. The number of aromatic nitrogens is 1. The number of thiazole rings is 1. The molecule has 20 heteroatoms. The van der Waals surface area contributed by atoms with Gasteiger partial charge < -0.3 is 65.3 Å². The van der Waals surface area contributed by atoms with Crippen molar-refractivity contribution in [3.8, 4) is 5.75 Å². The van der Waals surface area contributed by atoms with Crippen LogP contribution in [-0.2, 0) is 54.0 Å². The lowest BCUT2D eigenvalue weighted by atomic mass is 9.94. The highest BCUT2D eigenvalue weighted by molar-refractivity contribution is 7.09. The Morgan fingerprint density at radius 1 is 0.795 bits per heavy atom. The van der Waals surface area contributed by atoms with Crippen LogP contribution in [0.5, 0.6) is 5.75 Å². The van der Waals surface area contributed by atoms with Gasteiger partial charge in [0.1, 0.15) is 22.6 Å². The van der Waals surface area contributed by atoms with Gasteiger partial charge in [-0.2, -0.15) is 0 Å². The van der Waals surface area contributed by atoms with Crippen molar-refractivity contribution in [2.75, 3.05) is 120 Å². The number of hydrogen-bond acceptors (Lipinski definition) is 16. The zero-order chi connectivity index (χ0) is 54.4. The molecule has 73 heavy (non-hydrogen) atoms. The number of hydrogen-bond donors (Lipinski definition) is 5. The van der Waals surface area contributed by atoms with Crippen molar-refractivity contribution in [1.29, 1.82) is 0 Å². The van der Waals surface area contributed by atoms with Crippen molar-refractivity contribution in [2.24, 2.45) is 29.2 Å². The van der Waals surface area contributed by atoms with Gasteiger partial charge in [0.05, 0.1) is 85.3 Å². The lowest BCUT2D eigenvalue weighted by Gasteiger charge is -2.36. The fourth-order valence-corrected chi connectivity index (χ4v) is 8.59. The first kappa shape index (κ1) is 67.2. The van der Waals surface area contributed by atoms with Crippen LogP contribution in [0.1, 0.15) is 121 Å². The molecule has 0 aliphatic carbocycles. The van der Waals surface area contributed by atoms with E-state index in [1.165, 1.54) is 11.3 Å². The Labute approximate surface area is 441 Å². The number of nitrogens with one attached hydrogen (secondary N) is 2. The van der Waals surface area contributed by atoms with Crippen LogP contribution in [0.15, 0.2) is 29.6 Å². The fourth-order valence-electron chi connectivity index (χ4n) is 7.70. The fraction of sp³-hybridized carbons (Fsp3) is 0.755. The van der Waals surface area contributed by atoms with Crippen molar-refractivity contribution in [2.45, 2.75) is 124 Å². The lowest BCUT2D eigenvalue weighted by molar-refractivity contribution is -0.136. The van der Waals surface area contributed by atoms with E-state index in [1.807, 2.05) is 30.8 Å². The standard InChI is InChI=1S/C45H77N5O11S.C8H18N2O/c1-7-17-50(43(53)30-35(5)8-2)40(34(3)4)32-41(55-6)45-49-39(33-62-45)44(54)48-37(31-36-9-12-38(51)13-10-36)11-14-42(52)47-16-19-57-21-23-59-25-27-61-29-28-60-26-24-58-22-20-56-18-15-46;1-5-6(2)7(8(9)11)10(3)4/h9-10,12-13,33-35,37,40-41,51H,7-8,11,14-32,46H2,1-6H3,(H,47,52)(H,48,54);6-7H,5H2,1-4H3,(H2,9,11)/t35-,37?,40?,41?;/m0./s1. The Kier molecular flexibility index (Phi) is 38.1. The number of rotatable bonds is 42. The topological polar surface area (TPSA) is 249 Å². The Bertz CT molecular complexity index is 1740. The van der Waals surface area contributed by atoms with Gasteiger partial charge in [-0.1, -0.05) is 73.4 Å². The number of ether oxygens (including phenoxy) is 7. The smallest absolute Gasteiger partial charge is 0.270 e. The number of carbonyl (C=O) groups is 4. The summed E-state index contributed by atoms with van der Waals surface area (Å²) in [5.74, 6) is 0.405. The molecule has 5 unspecified atom stereocenters. The highest BCUT2D eigenvalue weighted by Gasteiger charge is 2.31. The molecule has 1 heterocycles. The van der Waals surface area contributed by atoms with Gasteiger partial charge in [0, 0.05) is 63.5 Å². The van der Waals surface area contributed by atoms with Crippen molar-refractivity contribution < 1.29 is 57.4 Å². The highest BCUT2D eigenvalue weighted by atomic mass is 32.1. The maximum Gasteiger partial charge on any atom is 0.270 e. The van der Waals surface area contributed by atoms with E-state index >= 15 is 0 Å². The van der Waals surface area contributed by atoms with Crippen LogP contribution < -0.4 is 22.1 Å². The van der Waals surface area contributed by atoms with Crippen molar-refractivity contribution in [3.63, 3.8) is 0 Å². The van der Waals surface area contributed by atoms with Gasteiger partial charge in [-0.25, -0.2) is 4.98 Å². The van der Waals surface area contributed by atoms with Gasteiger partial charge in [-0.15, -0.1) is 11.3 Å². The third kappa shape index (κ3) is 30.3. The minimum atomic E-state index is -0.399. The van der Waals surface area contributed by atoms with Crippen LogP contribution in [-0.4, -0.2) is 182 Å². The predicted molar refractivity (Wildman–Crippen MR) is 287 cm³/mol. The molecule has 1 aromatic carbocycles. The Morgan fingerprint density at radius 2 is 1.34 bits per heavy atom. The zero-order valence-electron chi connectivity index (χ0n) is 46.0. The SMILES string of the molecule is CCC(C)C(C(N)=O)N(C)C.CCCN(C(=O)C[C@@H](C)CC)C(CC(OC)c1nc(C(=O)NC(CCC(=O)NCCOCCOCCOCCOCCOCCOCCN)Cc2ccc(O)cc2)cs1)C(C)C. The van der Waals surface area contributed by atoms with Gasteiger partial charge in [0.2, 0.25) is 17.7 Å². The number of carbonyl (C=O) groups excluding carboxylic acids is 4. The number of phenolic OH excluding ortho intramolecular Hbond substituents is 1. The molecule has 0 radical (unpaired) electrons. The molecular formula is C53H95N7O12S. The Morgan fingerprint density at radius 3 is 1.79 bits per heavy atom. The molecule has 0 bridgehead atoms. The summed E-state index contributed by atoms with van der Waals surface area (Å²) >= 11 is 1.36. The molecule has 19 nitrogen and oxygen atoms in total. The number of aromatic hydroxyl groups is 1. The molecule has 0 spiro atoms. The van der Waals surface area contributed by atoms with E-state index < -0.39 is 6.10 Å². The molecule has 2 rings (SSSR count). The molecule has 7 N–H and O–H groups in total. The summed E-state index contributed by atoms with van der Waals surface area (Å²) in [7, 11) is 5.39. The lowest BCUT2D eigenvalue weighted by Crippen LogP contribution is -2.45. The number of nitrogens with two attached hydrogens (primary N) is 2. The van der Waals surface area contributed by atoms with Gasteiger partial charge in [-0.05, 0) is 68.8 Å². The van der Waals surface area contributed by atoms with E-state index in [9.17, 15) is 24.3 Å². The van der Waals surface area contributed by atoms with E-state index in [0.717, 1.165) is 24.8 Å². The molecule has 0 aliphatic heterocycles. The summed E-state index contributed by atoms with van der Waals surface area (Å²) in [6, 6.07) is 6.24. The summed E-state index contributed by atoms with van der Waals surface area (Å²) in [5, 5.41) is 18.2. The molecule has 0 fully saturated rings. The minimum absolute atomic E-state index is 0.0529. The van der Waals surface area contributed by atoms with E-state index in [4.69, 9.17) is 49.6 Å². The van der Waals surface area contributed by atoms with Crippen LogP contribution in [0.2, 0.25) is 0 Å². The summed E-state index contributed by atoms with van der Waals surface area (Å²) in [6.45, 7) is 21.7. The number of primary amides is 1. The maximum absolute atomic E-state index is 13.6. The second-order valence-corrected chi connectivity index (χ2v) is 19.6. The molecule has 1 aromatic heterocycles. The first-order valence-corrected chi connectivity index (χ1v) is 27.2. The average Bonchev–Trinajstić information content (AvgIpc) is 3.86. The van der Waals surface area contributed by atoms with E-state index in [-0.39, 0.29) is 65.5 Å². The van der Waals surface area contributed by atoms with Crippen molar-refractivity contribution in [3.05, 3.63) is 45.9 Å². The summed E-state index contributed by atoms with van der Waals surface area (Å²) in [5.41, 5.74) is 11.8. The first-order valence-electron chi connectivity index (χ1n) is 26.3. The molecule has 4 amide bonds. The predicted octanol–water partition coefficient (Wildman–Crippen LogP) is 5.37. The molecule has 0 saturated heterocycles. The van der Waals surface area contributed by atoms with Crippen molar-refractivity contribution >= 4 is 35.0 Å². The van der Waals surface area contributed by atoms with Gasteiger partial charge in [0.25, 0.3) is 5.91 Å². The first-order chi connectivity index (χ1) is 35.0. The number of benzene rings is 1. The molecule has 0 saturated carbocycles. The number of methoxy groups -OCH3 is 1. The highest BCUT2D eigenvalue weighted by Crippen LogP contribution is 2.31. The second kappa shape index (κ2) is 41.4. The third-order valence-corrected chi connectivity index (χ3v) is 13.1. The van der Waals surface area contributed by atoms with E-state index in [0.29, 0.717) is 141 Å². The Balaban J connectivity index is 0.00000215. The largest absolute Gasteiger partial charge is 0.508 e. The van der Waals surface area contributed by atoms with Gasteiger partial charge >= 0.3 is 0 Å². The average molecular weight is 1050 g/mol. The van der Waals surface area contributed by atoms with Crippen LogP contribution in [0.4, 0.5) is 0 Å². The third-order valence-electron chi connectivity index (χ3n) is 12.1. The quantitative estimate of drug-likeness (QED) is 0.0525. The molecule has 2 aromatic rings. The van der Waals surface area contributed by atoms with Crippen LogP contribution in [0, 0.1) is 17.8 Å². The second-order valence-electron chi connectivity index (χ2n) is 18.7. The monoisotopic (exact) mass is 1050 g/mol. The summed E-state index contributed by atoms with van der Waals surface area (Å²) in [4.78, 5) is 59.4. The number of nitrogens with zero attached hydrogens (tertiary/aromatic N) is 3. The maximum atomic E-state index is 13.6. The van der Waals surface area contributed by atoms with Gasteiger partial charge in [-0.3, -0.25) is 24.1 Å². The number of phenols is 1. The number of likely N-dealkylation sites (N-methyl/N-ethyl adjacent to an activating group) is 1. The molecule has 6 atom stereocenters. The van der Waals surface area contributed by atoms with E-state index in [1.54, 1.807) is 36.8 Å². The normalized spacial score (nSPS) is 13.9. The summed E-state index contributed by atoms with van der Waals surface area (Å²) in [6.07, 6.45) is 4.47. The zero-order valence-corrected chi connectivity index (χ0v) is 46.9. The molecule has 420 valence electrons. The van der Waals surface area contributed by atoms with Crippen molar-refractivity contribution in [1.82, 2.24) is 25.4 Å². The summed E-state index contributed by atoms with van der Waals surface area (Å²) < 4.78 is 38.6. The Hall–Kier alpha value is -3.83.